The molecule has 0 saturated carbocycles. The summed E-state index contributed by atoms with van der Waals surface area (Å²) in [6.45, 7) is 4.24. The first-order valence-corrected chi connectivity index (χ1v) is 7.58. The van der Waals surface area contributed by atoms with Gasteiger partial charge in [0, 0.05) is 25.6 Å². The van der Waals surface area contributed by atoms with Crippen LogP contribution in [0.1, 0.15) is 37.2 Å². The van der Waals surface area contributed by atoms with Crippen LogP contribution in [0.2, 0.25) is 0 Å². The molecule has 5 heteroatoms. The van der Waals surface area contributed by atoms with Crippen LogP contribution in [0.15, 0.2) is 6.07 Å². The lowest BCUT2D eigenvalue weighted by Crippen LogP contribution is -1.88. The number of hydrogen-bond acceptors (Lipinski definition) is 3. The minimum Gasteiger partial charge on any atom is -0.352 e. The van der Waals surface area contributed by atoms with Gasteiger partial charge in [0.1, 0.15) is 0 Å². The standard InChI is InChI=1S/C13H20NO3P/c1-5-7-13-11(6-2)10-12(14-13)8-9-18(15,16-3)17-4/h10,14H,5-7H2,1-4H3. The van der Waals surface area contributed by atoms with E-state index in [4.69, 9.17) is 9.05 Å². The molecule has 18 heavy (non-hydrogen) atoms. The maximum atomic E-state index is 11.8. The van der Waals surface area contributed by atoms with Crippen LogP contribution in [0.4, 0.5) is 0 Å². The molecule has 0 unspecified atom stereocenters. The summed E-state index contributed by atoms with van der Waals surface area (Å²) in [5.74, 6) is 2.82. The van der Waals surface area contributed by atoms with E-state index in [1.807, 2.05) is 6.07 Å². The van der Waals surface area contributed by atoms with Crippen molar-refractivity contribution in [3.05, 3.63) is 23.0 Å². The summed E-state index contributed by atoms with van der Waals surface area (Å²) in [5.41, 5.74) is 5.76. The molecule has 4 nitrogen and oxygen atoms in total. The molecule has 0 aliphatic rings. The molecule has 0 fully saturated rings. The molecule has 0 amide bonds. The van der Waals surface area contributed by atoms with E-state index in [1.165, 1.54) is 25.5 Å². The lowest BCUT2D eigenvalue weighted by molar-refractivity contribution is 0.288. The van der Waals surface area contributed by atoms with E-state index < -0.39 is 7.60 Å². The summed E-state index contributed by atoms with van der Waals surface area (Å²) in [4.78, 5) is 3.25. The Bertz CT molecular complexity index is 488. The fourth-order valence-electron chi connectivity index (χ4n) is 1.69. The second-order valence-corrected chi connectivity index (χ2v) is 5.84. The topological polar surface area (TPSA) is 51.3 Å². The van der Waals surface area contributed by atoms with E-state index in [0.29, 0.717) is 0 Å². The lowest BCUT2D eigenvalue weighted by atomic mass is 10.1. The van der Waals surface area contributed by atoms with Crippen LogP contribution >= 0.6 is 7.60 Å². The van der Waals surface area contributed by atoms with Gasteiger partial charge in [0.15, 0.2) is 0 Å². The van der Waals surface area contributed by atoms with Crippen LogP contribution in [-0.4, -0.2) is 19.2 Å². The number of nitrogens with one attached hydrogen (secondary N) is 1. The van der Waals surface area contributed by atoms with Gasteiger partial charge >= 0.3 is 7.60 Å². The molecule has 1 aromatic heterocycles. The zero-order valence-corrected chi connectivity index (χ0v) is 12.3. The highest BCUT2D eigenvalue weighted by Gasteiger charge is 2.16. The summed E-state index contributed by atoms with van der Waals surface area (Å²) in [5, 5.41) is 0. The van der Waals surface area contributed by atoms with Crippen LogP contribution in [0.3, 0.4) is 0 Å². The minimum absolute atomic E-state index is 0.754. The number of hydrogen-bond donors (Lipinski definition) is 1. The van der Waals surface area contributed by atoms with Crippen molar-refractivity contribution in [3.63, 3.8) is 0 Å². The number of H-pyrrole nitrogens is 1. The Morgan fingerprint density at radius 1 is 1.33 bits per heavy atom. The predicted octanol–water partition coefficient (Wildman–Crippen LogP) is 3.32. The van der Waals surface area contributed by atoms with Gasteiger partial charge in [-0.3, -0.25) is 0 Å². The summed E-state index contributed by atoms with van der Waals surface area (Å²) >= 11 is 0. The van der Waals surface area contributed by atoms with Crippen molar-refractivity contribution in [2.24, 2.45) is 0 Å². The average Bonchev–Trinajstić information content (AvgIpc) is 2.79. The van der Waals surface area contributed by atoms with Crippen molar-refractivity contribution in [1.82, 2.24) is 4.98 Å². The Kier molecular flexibility index (Phi) is 5.68. The van der Waals surface area contributed by atoms with Gasteiger partial charge in [-0.15, -0.1) is 0 Å². The van der Waals surface area contributed by atoms with E-state index in [-0.39, 0.29) is 0 Å². The Balaban J connectivity index is 2.99. The molecule has 1 N–H and O–H groups in total. The third-order valence-electron chi connectivity index (χ3n) is 2.68. The molecule has 0 aliphatic heterocycles. The SMILES string of the molecule is CCCc1[nH]c(C#CP(=O)(OC)OC)cc1CC. The van der Waals surface area contributed by atoms with Gasteiger partial charge in [-0.2, -0.15) is 0 Å². The second kappa shape index (κ2) is 6.80. The van der Waals surface area contributed by atoms with E-state index in [9.17, 15) is 4.57 Å². The molecule has 0 spiro atoms. The largest absolute Gasteiger partial charge is 0.405 e. The Morgan fingerprint density at radius 2 is 2.00 bits per heavy atom. The predicted molar refractivity (Wildman–Crippen MR) is 72.7 cm³/mol. The molecule has 1 aromatic rings. The normalized spacial score (nSPS) is 11.1. The van der Waals surface area contributed by atoms with Gasteiger partial charge in [-0.25, -0.2) is 4.57 Å². The molecular weight excluding hydrogens is 249 g/mol. The molecule has 0 atom stereocenters. The fraction of sp³-hybridized carbons (Fsp3) is 0.538. The van der Waals surface area contributed by atoms with E-state index in [0.717, 1.165) is 25.0 Å². The van der Waals surface area contributed by atoms with Crippen LogP contribution in [0.25, 0.3) is 0 Å². The maximum absolute atomic E-state index is 11.8. The zero-order valence-electron chi connectivity index (χ0n) is 11.4. The van der Waals surface area contributed by atoms with Crippen LogP contribution < -0.4 is 0 Å². The Labute approximate surface area is 109 Å². The van der Waals surface area contributed by atoms with Gasteiger partial charge in [0.2, 0.25) is 0 Å². The molecule has 0 aliphatic carbocycles. The van der Waals surface area contributed by atoms with Gasteiger partial charge in [-0.05, 0) is 30.4 Å². The number of rotatable bonds is 5. The molecular formula is C13H20NO3P. The van der Waals surface area contributed by atoms with Gasteiger partial charge < -0.3 is 14.0 Å². The molecule has 0 aromatic carbocycles. The van der Waals surface area contributed by atoms with E-state index >= 15 is 0 Å². The molecule has 1 heterocycles. The van der Waals surface area contributed by atoms with Gasteiger partial charge in [-0.1, -0.05) is 20.3 Å². The number of aromatic nitrogens is 1. The highest BCUT2D eigenvalue weighted by Crippen LogP contribution is 2.44. The third kappa shape index (κ3) is 3.74. The maximum Gasteiger partial charge on any atom is 0.405 e. The van der Waals surface area contributed by atoms with Crippen molar-refractivity contribution < 1.29 is 13.6 Å². The van der Waals surface area contributed by atoms with Crippen molar-refractivity contribution in [1.29, 1.82) is 0 Å². The third-order valence-corrected chi connectivity index (χ3v) is 4.03. The monoisotopic (exact) mass is 269 g/mol. The highest BCUT2D eigenvalue weighted by atomic mass is 31.2. The van der Waals surface area contributed by atoms with Crippen molar-refractivity contribution in [3.8, 4) is 11.6 Å². The van der Waals surface area contributed by atoms with E-state index in [2.05, 4.69) is 30.4 Å². The molecule has 100 valence electrons. The molecule has 0 radical (unpaired) electrons. The van der Waals surface area contributed by atoms with Crippen LogP contribution in [-0.2, 0) is 26.5 Å². The van der Waals surface area contributed by atoms with Crippen LogP contribution in [0.5, 0.6) is 0 Å². The zero-order chi connectivity index (χ0) is 13.6. The van der Waals surface area contributed by atoms with Crippen LogP contribution in [0, 0.1) is 11.6 Å². The molecule has 1 rings (SSSR count). The summed E-state index contributed by atoms with van der Waals surface area (Å²) in [7, 11) is -0.603. The summed E-state index contributed by atoms with van der Waals surface area (Å²) in [6, 6.07) is 1.99. The van der Waals surface area contributed by atoms with Crippen molar-refractivity contribution in [2.75, 3.05) is 14.2 Å². The van der Waals surface area contributed by atoms with Gasteiger partial charge in [0.05, 0.1) is 5.69 Å². The van der Waals surface area contributed by atoms with Crippen molar-refractivity contribution in [2.45, 2.75) is 33.1 Å². The minimum atomic E-state index is -3.26. The Hall–Kier alpha value is -1.01. The average molecular weight is 269 g/mol. The number of aryl methyl sites for hydroxylation is 2. The molecule has 0 bridgehead atoms. The van der Waals surface area contributed by atoms with Gasteiger partial charge in [0.25, 0.3) is 0 Å². The second-order valence-electron chi connectivity index (χ2n) is 3.89. The first kappa shape index (κ1) is 15.0. The fourth-order valence-corrected chi connectivity index (χ4v) is 2.28. The quantitative estimate of drug-likeness (QED) is 0.659. The first-order chi connectivity index (χ1) is 8.58. The Morgan fingerprint density at radius 3 is 2.50 bits per heavy atom. The summed E-state index contributed by atoms with van der Waals surface area (Å²) in [6.07, 6.45) is 3.03. The first-order valence-electron chi connectivity index (χ1n) is 6.04. The van der Waals surface area contributed by atoms with Crippen molar-refractivity contribution >= 4 is 7.60 Å². The summed E-state index contributed by atoms with van der Waals surface area (Å²) < 4.78 is 21.3. The lowest BCUT2D eigenvalue weighted by Gasteiger charge is -2.03. The van der Waals surface area contributed by atoms with E-state index in [1.54, 1.807) is 0 Å². The smallest absolute Gasteiger partial charge is 0.352 e. The number of aromatic amines is 1. The highest BCUT2D eigenvalue weighted by molar-refractivity contribution is 7.59. The molecule has 0 saturated heterocycles.